The van der Waals surface area contributed by atoms with Gasteiger partial charge in [0.1, 0.15) is 0 Å². The highest BCUT2D eigenvalue weighted by atomic mass is 32.2. The van der Waals surface area contributed by atoms with Gasteiger partial charge in [-0.3, -0.25) is 9.59 Å². The van der Waals surface area contributed by atoms with Gasteiger partial charge >= 0.3 is 0 Å². The lowest BCUT2D eigenvalue weighted by atomic mass is 10.0. The molecule has 0 aromatic heterocycles. The van der Waals surface area contributed by atoms with Crippen LogP contribution in [0.15, 0.2) is 41.3 Å². The monoisotopic (exact) mass is 401 g/mol. The van der Waals surface area contributed by atoms with Crippen LogP contribution in [0.1, 0.15) is 29.5 Å². The number of nitrogens with zero attached hydrogens (tertiary/aromatic N) is 1. The Morgan fingerprint density at radius 3 is 2.46 bits per heavy atom. The Morgan fingerprint density at radius 1 is 1.18 bits per heavy atom. The minimum absolute atomic E-state index is 0.0528. The molecule has 2 aromatic rings. The molecule has 7 nitrogen and oxygen atoms in total. The fraction of sp³-hybridized carbons (Fsp3) is 0.300. The van der Waals surface area contributed by atoms with E-state index in [0.717, 1.165) is 15.4 Å². The lowest BCUT2D eigenvalue weighted by molar-refractivity contribution is -0.117. The van der Waals surface area contributed by atoms with Gasteiger partial charge in [0.05, 0.1) is 17.4 Å². The first-order chi connectivity index (χ1) is 13.1. The minimum Gasteiger partial charge on any atom is -0.325 e. The van der Waals surface area contributed by atoms with Crippen LogP contribution in [0.2, 0.25) is 0 Å². The number of fused-ring (bicyclic) bond motifs is 1. The van der Waals surface area contributed by atoms with E-state index < -0.39 is 21.8 Å². The summed E-state index contributed by atoms with van der Waals surface area (Å²) in [5.41, 5.74) is 3.76. The Hall–Kier alpha value is -2.71. The summed E-state index contributed by atoms with van der Waals surface area (Å²) in [5.74, 6) is -0.997. The topological polar surface area (TPSA) is 95.6 Å². The van der Waals surface area contributed by atoms with Crippen LogP contribution in [0.5, 0.6) is 0 Å². The van der Waals surface area contributed by atoms with Gasteiger partial charge in [-0.1, -0.05) is 18.2 Å². The summed E-state index contributed by atoms with van der Waals surface area (Å²) in [4.78, 5) is 24.2. The number of hydrogen-bond donors (Lipinski definition) is 2. The number of amides is 2. The third-order valence-corrected chi connectivity index (χ3v) is 6.76. The molecule has 0 bridgehead atoms. The maximum Gasteiger partial charge on any atom is 0.243 e. The van der Waals surface area contributed by atoms with E-state index in [9.17, 15) is 18.0 Å². The van der Waals surface area contributed by atoms with Crippen LogP contribution in [0.4, 0.5) is 11.4 Å². The number of rotatable bonds is 5. The van der Waals surface area contributed by atoms with Crippen molar-refractivity contribution in [3.05, 3.63) is 53.1 Å². The fourth-order valence-corrected chi connectivity index (χ4v) is 4.38. The molecule has 8 heteroatoms. The van der Waals surface area contributed by atoms with Gasteiger partial charge in [-0.15, -0.1) is 0 Å². The average molecular weight is 401 g/mol. The van der Waals surface area contributed by atoms with Crippen molar-refractivity contribution in [1.82, 2.24) is 4.31 Å². The normalized spacial score (nSPS) is 16.0. The summed E-state index contributed by atoms with van der Waals surface area (Å²) >= 11 is 0. The van der Waals surface area contributed by atoms with Crippen LogP contribution < -0.4 is 10.6 Å². The van der Waals surface area contributed by atoms with Gasteiger partial charge in [0.15, 0.2) is 0 Å². The molecule has 2 aromatic carbocycles. The van der Waals surface area contributed by atoms with Crippen molar-refractivity contribution in [2.24, 2.45) is 0 Å². The van der Waals surface area contributed by atoms with Crippen molar-refractivity contribution < 1.29 is 18.0 Å². The van der Waals surface area contributed by atoms with E-state index in [2.05, 4.69) is 10.6 Å². The molecule has 28 heavy (non-hydrogen) atoms. The third-order valence-electron chi connectivity index (χ3n) is 4.96. The predicted molar refractivity (Wildman–Crippen MR) is 108 cm³/mol. The predicted octanol–water partition coefficient (Wildman–Crippen LogP) is 2.62. The van der Waals surface area contributed by atoms with E-state index in [1.807, 2.05) is 32.0 Å². The second-order valence-electron chi connectivity index (χ2n) is 7.04. The average Bonchev–Trinajstić information content (AvgIpc) is 2.92. The number of para-hydroxylation sites is 1. The quantitative estimate of drug-likeness (QED) is 0.805. The van der Waals surface area contributed by atoms with E-state index in [4.69, 9.17) is 0 Å². The fourth-order valence-electron chi connectivity index (χ4n) is 3.21. The first-order valence-electron chi connectivity index (χ1n) is 8.88. The van der Waals surface area contributed by atoms with Crippen molar-refractivity contribution in [1.29, 1.82) is 0 Å². The highest BCUT2D eigenvalue weighted by Gasteiger charge is 2.30. The summed E-state index contributed by atoms with van der Waals surface area (Å²) < 4.78 is 26.8. The van der Waals surface area contributed by atoms with Crippen molar-refractivity contribution in [3.8, 4) is 0 Å². The van der Waals surface area contributed by atoms with Gasteiger partial charge in [0.25, 0.3) is 0 Å². The molecule has 0 radical (unpaired) electrons. The molecule has 3 rings (SSSR count). The second-order valence-corrected chi connectivity index (χ2v) is 9.08. The Bertz CT molecular complexity index is 1040. The smallest absolute Gasteiger partial charge is 0.243 e. The molecule has 0 aliphatic carbocycles. The van der Waals surface area contributed by atoms with Crippen molar-refractivity contribution in [2.45, 2.75) is 31.6 Å². The molecule has 2 amide bonds. The molecule has 1 atom stereocenters. The van der Waals surface area contributed by atoms with Gasteiger partial charge in [0, 0.05) is 18.4 Å². The highest BCUT2D eigenvalue weighted by Crippen LogP contribution is 2.34. The van der Waals surface area contributed by atoms with Crippen LogP contribution in [0.25, 0.3) is 0 Å². The van der Waals surface area contributed by atoms with Gasteiger partial charge in [-0.2, -0.15) is 4.31 Å². The van der Waals surface area contributed by atoms with Crippen LogP contribution in [0, 0.1) is 13.8 Å². The Balaban J connectivity index is 1.78. The second kappa shape index (κ2) is 7.37. The SMILES string of the molecule is Cc1cccc(C)c1NC(=O)CN(C)S(=O)(=O)c1ccc2c(c1)[C@@H](C)C(=O)N2. The molecule has 0 unspecified atom stereocenters. The van der Waals surface area contributed by atoms with Crippen molar-refractivity contribution in [3.63, 3.8) is 0 Å². The summed E-state index contributed by atoms with van der Waals surface area (Å²) in [5, 5.41) is 5.50. The summed E-state index contributed by atoms with van der Waals surface area (Å²) in [6.45, 7) is 5.16. The van der Waals surface area contributed by atoms with Gasteiger partial charge < -0.3 is 10.6 Å². The van der Waals surface area contributed by atoms with Crippen molar-refractivity contribution >= 4 is 33.2 Å². The number of carbonyl (C=O) groups excluding carboxylic acids is 2. The molecule has 0 fully saturated rings. The minimum atomic E-state index is -3.88. The molecule has 1 aliphatic rings. The van der Waals surface area contributed by atoms with E-state index in [1.165, 1.54) is 19.2 Å². The maximum atomic E-state index is 12.9. The zero-order chi connectivity index (χ0) is 20.6. The number of likely N-dealkylation sites (N-methyl/N-ethyl adjacent to an activating group) is 1. The van der Waals surface area contributed by atoms with Gasteiger partial charge in [0.2, 0.25) is 21.8 Å². The molecular weight excluding hydrogens is 378 g/mol. The molecule has 1 heterocycles. The Labute approximate surface area is 164 Å². The Morgan fingerprint density at radius 2 is 1.82 bits per heavy atom. The molecule has 0 spiro atoms. The van der Waals surface area contributed by atoms with Crippen LogP contribution in [0.3, 0.4) is 0 Å². The number of nitrogens with one attached hydrogen (secondary N) is 2. The number of sulfonamides is 1. The number of aryl methyl sites for hydroxylation is 2. The number of benzene rings is 2. The number of carbonyl (C=O) groups is 2. The van der Waals surface area contributed by atoms with Crippen LogP contribution >= 0.6 is 0 Å². The van der Waals surface area contributed by atoms with E-state index >= 15 is 0 Å². The number of anilines is 2. The zero-order valence-electron chi connectivity index (χ0n) is 16.2. The summed E-state index contributed by atoms with van der Waals surface area (Å²) in [6, 6.07) is 10.2. The third kappa shape index (κ3) is 3.65. The number of hydrogen-bond acceptors (Lipinski definition) is 4. The van der Waals surface area contributed by atoms with Crippen molar-refractivity contribution in [2.75, 3.05) is 24.2 Å². The molecule has 0 saturated carbocycles. The van der Waals surface area contributed by atoms with E-state index in [0.29, 0.717) is 16.9 Å². The summed E-state index contributed by atoms with van der Waals surface area (Å²) in [7, 11) is -2.51. The first kappa shape index (κ1) is 20.0. The molecule has 1 aliphatic heterocycles. The molecule has 148 valence electrons. The molecule has 2 N–H and O–H groups in total. The van der Waals surface area contributed by atoms with Gasteiger partial charge in [-0.25, -0.2) is 8.42 Å². The van der Waals surface area contributed by atoms with Gasteiger partial charge in [-0.05, 0) is 55.7 Å². The van der Waals surface area contributed by atoms with Crippen LogP contribution in [-0.4, -0.2) is 38.1 Å². The molecule has 0 saturated heterocycles. The maximum absolute atomic E-state index is 12.9. The van der Waals surface area contributed by atoms with E-state index in [1.54, 1.807) is 13.0 Å². The zero-order valence-corrected chi connectivity index (χ0v) is 17.1. The van der Waals surface area contributed by atoms with Crippen LogP contribution in [-0.2, 0) is 19.6 Å². The largest absolute Gasteiger partial charge is 0.325 e. The lowest BCUT2D eigenvalue weighted by Gasteiger charge is -2.18. The Kier molecular flexibility index (Phi) is 5.27. The molecular formula is C20H23N3O4S. The first-order valence-corrected chi connectivity index (χ1v) is 10.3. The summed E-state index contributed by atoms with van der Waals surface area (Å²) in [6.07, 6.45) is 0. The standard InChI is InChI=1S/C20H23N3O4S/c1-12-6-5-7-13(2)19(12)22-18(24)11-23(4)28(26,27)15-8-9-17-16(10-15)14(3)20(25)21-17/h5-10,14H,11H2,1-4H3,(H,21,25)(H,22,24)/t14-/m1/s1. The van der Waals surface area contributed by atoms with E-state index in [-0.39, 0.29) is 17.3 Å². The lowest BCUT2D eigenvalue weighted by Crippen LogP contribution is -2.35. The highest BCUT2D eigenvalue weighted by molar-refractivity contribution is 7.89.